The van der Waals surface area contributed by atoms with Crippen LogP contribution < -0.4 is 4.72 Å². The Morgan fingerprint density at radius 2 is 2.00 bits per heavy atom. The van der Waals surface area contributed by atoms with Crippen molar-refractivity contribution in [1.29, 1.82) is 0 Å². The Balaban J connectivity index is 1.99. The molecule has 0 aliphatic carbocycles. The van der Waals surface area contributed by atoms with E-state index in [0.29, 0.717) is 25.9 Å². The van der Waals surface area contributed by atoms with E-state index in [2.05, 4.69) is 16.7 Å². The Labute approximate surface area is 150 Å². The van der Waals surface area contributed by atoms with Gasteiger partial charge in [0.25, 0.3) is 0 Å². The van der Waals surface area contributed by atoms with Gasteiger partial charge in [0.2, 0.25) is 15.9 Å². The zero-order valence-corrected chi connectivity index (χ0v) is 16.7. The molecular weight excluding hydrogens is 340 g/mol. The molecule has 1 aromatic rings. The third-order valence-electron chi connectivity index (χ3n) is 5.07. The number of amides is 1. The highest BCUT2D eigenvalue weighted by molar-refractivity contribution is 7.88. The molecule has 142 valence electrons. The van der Waals surface area contributed by atoms with Gasteiger partial charge in [-0.15, -0.1) is 0 Å². The van der Waals surface area contributed by atoms with Crippen molar-refractivity contribution in [2.45, 2.75) is 52.5 Å². The highest BCUT2D eigenvalue weighted by Gasteiger charge is 2.35. The highest BCUT2D eigenvalue weighted by Crippen LogP contribution is 2.24. The topological polar surface area (TPSA) is 84.3 Å². The standard InChI is InChI=1S/C17H30N4O3S/c1-6-7-14-10-21(11-16(14)19-25(5,23)24)17(22)9-8-15-12(2)18-20(4)13(15)3/h14,16,19H,6-11H2,1-5H3/t14-,16-/m0/s1. The van der Waals surface area contributed by atoms with E-state index in [9.17, 15) is 13.2 Å². The number of sulfonamides is 1. The summed E-state index contributed by atoms with van der Waals surface area (Å²) < 4.78 is 27.7. The molecule has 0 aromatic carbocycles. The molecule has 0 spiro atoms. The number of likely N-dealkylation sites (tertiary alicyclic amines) is 1. The molecule has 1 N–H and O–H groups in total. The number of hydrogen-bond acceptors (Lipinski definition) is 4. The molecule has 2 rings (SSSR count). The summed E-state index contributed by atoms with van der Waals surface area (Å²) in [7, 11) is -1.36. The SMILES string of the molecule is CCC[C@H]1CN(C(=O)CCc2c(C)nn(C)c2C)C[C@@H]1NS(C)(=O)=O. The third kappa shape index (κ3) is 5.04. The molecule has 0 unspecified atom stereocenters. The molecule has 1 fully saturated rings. The molecule has 1 aliphatic heterocycles. The minimum atomic E-state index is -3.27. The Kier molecular flexibility index (Phi) is 6.26. The van der Waals surface area contributed by atoms with Gasteiger partial charge >= 0.3 is 0 Å². The summed E-state index contributed by atoms with van der Waals surface area (Å²) in [5, 5.41) is 4.39. The van der Waals surface area contributed by atoms with E-state index in [1.54, 1.807) is 0 Å². The molecule has 2 atom stereocenters. The van der Waals surface area contributed by atoms with E-state index in [1.165, 1.54) is 6.26 Å². The van der Waals surface area contributed by atoms with Gasteiger partial charge in [-0.1, -0.05) is 13.3 Å². The summed E-state index contributed by atoms with van der Waals surface area (Å²) in [4.78, 5) is 14.4. The highest BCUT2D eigenvalue weighted by atomic mass is 32.2. The Morgan fingerprint density at radius 1 is 1.32 bits per heavy atom. The second-order valence-corrected chi connectivity index (χ2v) is 8.90. The number of rotatable bonds is 7. The Bertz CT molecular complexity index is 726. The third-order valence-corrected chi connectivity index (χ3v) is 5.80. The molecule has 0 saturated carbocycles. The first-order chi connectivity index (χ1) is 11.6. The van der Waals surface area contributed by atoms with Crippen LogP contribution in [0.25, 0.3) is 0 Å². The van der Waals surface area contributed by atoms with Crippen molar-refractivity contribution in [2.75, 3.05) is 19.3 Å². The molecule has 7 nitrogen and oxygen atoms in total. The fourth-order valence-electron chi connectivity index (χ4n) is 3.72. The number of aromatic nitrogens is 2. The van der Waals surface area contributed by atoms with Crippen molar-refractivity contribution in [1.82, 2.24) is 19.4 Å². The molecule has 1 aliphatic rings. The van der Waals surface area contributed by atoms with Gasteiger partial charge < -0.3 is 4.90 Å². The first-order valence-corrected chi connectivity index (χ1v) is 10.8. The largest absolute Gasteiger partial charge is 0.341 e. The van der Waals surface area contributed by atoms with Crippen LogP contribution in [0.3, 0.4) is 0 Å². The maximum Gasteiger partial charge on any atom is 0.222 e. The van der Waals surface area contributed by atoms with Gasteiger partial charge in [-0.25, -0.2) is 13.1 Å². The smallest absolute Gasteiger partial charge is 0.222 e. The fraction of sp³-hybridized carbons (Fsp3) is 0.765. The Morgan fingerprint density at radius 3 is 2.52 bits per heavy atom. The van der Waals surface area contributed by atoms with Crippen LogP contribution in [-0.4, -0.2) is 54.4 Å². The fourth-order valence-corrected chi connectivity index (χ4v) is 4.53. The zero-order chi connectivity index (χ0) is 18.8. The quantitative estimate of drug-likeness (QED) is 0.780. The van der Waals surface area contributed by atoms with E-state index in [-0.39, 0.29) is 17.9 Å². The van der Waals surface area contributed by atoms with E-state index in [1.807, 2.05) is 30.5 Å². The van der Waals surface area contributed by atoms with Crippen molar-refractivity contribution in [2.24, 2.45) is 13.0 Å². The lowest BCUT2D eigenvalue weighted by molar-refractivity contribution is -0.130. The average molecular weight is 371 g/mol. The second kappa shape index (κ2) is 7.86. The number of carbonyl (C=O) groups excluding carboxylic acids is 1. The lowest BCUT2D eigenvalue weighted by atomic mass is 9.99. The minimum absolute atomic E-state index is 0.0848. The number of hydrogen-bond donors (Lipinski definition) is 1. The van der Waals surface area contributed by atoms with Crippen LogP contribution in [0.1, 0.15) is 43.1 Å². The average Bonchev–Trinajstić information content (AvgIpc) is 2.98. The van der Waals surface area contributed by atoms with E-state index < -0.39 is 10.0 Å². The van der Waals surface area contributed by atoms with Crippen LogP contribution >= 0.6 is 0 Å². The summed E-state index contributed by atoms with van der Waals surface area (Å²) in [6.07, 6.45) is 4.16. The van der Waals surface area contributed by atoms with Gasteiger partial charge in [-0.05, 0) is 38.2 Å². The lowest BCUT2D eigenvalue weighted by Gasteiger charge is -2.17. The number of aryl methyl sites for hydroxylation is 2. The van der Waals surface area contributed by atoms with E-state index in [4.69, 9.17) is 0 Å². The number of nitrogens with one attached hydrogen (secondary N) is 1. The van der Waals surface area contributed by atoms with Crippen molar-refractivity contribution in [3.05, 3.63) is 17.0 Å². The van der Waals surface area contributed by atoms with Crippen LogP contribution in [0.2, 0.25) is 0 Å². The normalized spacial score (nSPS) is 21.1. The van der Waals surface area contributed by atoms with Gasteiger partial charge in [0.15, 0.2) is 0 Å². The zero-order valence-electron chi connectivity index (χ0n) is 15.9. The summed E-state index contributed by atoms with van der Waals surface area (Å²) in [6, 6.07) is -0.180. The second-order valence-electron chi connectivity index (χ2n) is 7.12. The monoisotopic (exact) mass is 370 g/mol. The molecule has 1 saturated heterocycles. The predicted octanol–water partition coefficient (Wildman–Crippen LogP) is 1.15. The molecule has 0 bridgehead atoms. The van der Waals surface area contributed by atoms with Gasteiger partial charge in [0, 0.05) is 38.3 Å². The summed E-state index contributed by atoms with van der Waals surface area (Å²) in [5.41, 5.74) is 3.19. The van der Waals surface area contributed by atoms with Gasteiger partial charge in [-0.2, -0.15) is 5.10 Å². The molecule has 1 aromatic heterocycles. The van der Waals surface area contributed by atoms with Crippen LogP contribution in [0.15, 0.2) is 0 Å². The summed E-state index contributed by atoms with van der Waals surface area (Å²) in [6.45, 7) is 7.15. The van der Waals surface area contributed by atoms with Crippen molar-refractivity contribution < 1.29 is 13.2 Å². The van der Waals surface area contributed by atoms with E-state index >= 15 is 0 Å². The van der Waals surface area contributed by atoms with Crippen LogP contribution in [0.5, 0.6) is 0 Å². The maximum atomic E-state index is 12.6. The van der Waals surface area contributed by atoms with Gasteiger partial charge in [0.05, 0.1) is 11.9 Å². The molecule has 2 heterocycles. The minimum Gasteiger partial charge on any atom is -0.341 e. The molecule has 8 heteroatoms. The van der Waals surface area contributed by atoms with Gasteiger partial charge in [0.1, 0.15) is 0 Å². The van der Waals surface area contributed by atoms with Crippen LogP contribution in [0, 0.1) is 19.8 Å². The van der Waals surface area contributed by atoms with Crippen LogP contribution in [-0.2, 0) is 28.3 Å². The Hall–Kier alpha value is -1.41. The van der Waals surface area contributed by atoms with Gasteiger partial charge in [-0.3, -0.25) is 9.48 Å². The lowest BCUT2D eigenvalue weighted by Crippen LogP contribution is -2.40. The maximum absolute atomic E-state index is 12.6. The number of carbonyl (C=O) groups is 1. The molecule has 25 heavy (non-hydrogen) atoms. The predicted molar refractivity (Wildman–Crippen MR) is 97.7 cm³/mol. The molecule has 0 radical (unpaired) electrons. The van der Waals surface area contributed by atoms with E-state index in [0.717, 1.165) is 29.8 Å². The van der Waals surface area contributed by atoms with Crippen molar-refractivity contribution in [3.63, 3.8) is 0 Å². The molecular formula is C17H30N4O3S. The van der Waals surface area contributed by atoms with Crippen LogP contribution in [0.4, 0.5) is 0 Å². The molecule has 1 amide bonds. The summed E-state index contributed by atoms with van der Waals surface area (Å²) in [5.74, 6) is 0.270. The first kappa shape index (κ1) is 19.9. The van der Waals surface area contributed by atoms with Crippen molar-refractivity contribution in [3.8, 4) is 0 Å². The summed E-state index contributed by atoms with van der Waals surface area (Å²) >= 11 is 0. The number of nitrogens with zero attached hydrogens (tertiary/aromatic N) is 3. The first-order valence-electron chi connectivity index (χ1n) is 8.86. The van der Waals surface area contributed by atoms with Crippen molar-refractivity contribution >= 4 is 15.9 Å².